The summed E-state index contributed by atoms with van der Waals surface area (Å²) in [4.78, 5) is 12.6. The number of anilines is 2. The van der Waals surface area contributed by atoms with Crippen LogP contribution in [0.3, 0.4) is 0 Å². The number of nitrogens with one attached hydrogen (secondary N) is 1. The van der Waals surface area contributed by atoms with E-state index < -0.39 is 0 Å². The third-order valence-electron chi connectivity index (χ3n) is 4.57. The van der Waals surface area contributed by atoms with Crippen molar-refractivity contribution in [3.63, 3.8) is 0 Å². The Bertz CT molecular complexity index is 877. The molecule has 3 rings (SSSR count). The average Bonchev–Trinajstić information content (AvgIpc) is 2.78. The zero-order chi connectivity index (χ0) is 19.6. The second-order valence-corrected chi connectivity index (χ2v) is 6.56. The number of amides is 2. The molecule has 2 aromatic rings. The summed E-state index contributed by atoms with van der Waals surface area (Å²) in [6, 6.07) is 10.8. The van der Waals surface area contributed by atoms with Gasteiger partial charge in [-0.25, -0.2) is 9.80 Å². The van der Waals surface area contributed by atoms with Gasteiger partial charge in [-0.05, 0) is 50.1 Å². The molecule has 2 aromatic carbocycles. The van der Waals surface area contributed by atoms with Crippen LogP contribution in [0.15, 0.2) is 41.5 Å². The van der Waals surface area contributed by atoms with Crippen molar-refractivity contribution in [3.05, 3.63) is 53.1 Å². The van der Waals surface area contributed by atoms with Crippen molar-refractivity contribution in [3.8, 4) is 5.75 Å². The van der Waals surface area contributed by atoms with Crippen LogP contribution in [0.25, 0.3) is 0 Å². The first kappa shape index (κ1) is 18.6. The Labute approximate surface area is 159 Å². The molecular formula is C20H25N5O2. The van der Waals surface area contributed by atoms with E-state index in [2.05, 4.69) is 5.32 Å². The van der Waals surface area contributed by atoms with E-state index in [-0.39, 0.29) is 12.1 Å². The number of nitrogens with zero attached hydrogens (tertiary/aromatic N) is 2. The number of fused-ring (bicyclic) bond motifs is 1. The number of carbonyl (C=O) groups excluding carboxylic acids is 1. The lowest BCUT2D eigenvalue weighted by atomic mass is 9.93. The summed E-state index contributed by atoms with van der Waals surface area (Å²) in [5.74, 6) is 0.615. The van der Waals surface area contributed by atoms with Crippen molar-refractivity contribution >= 4 is 23.1 Å². The molecule has 0 radical (unpaired) electrons. The largest absolute Gasteiger partial charge is 0.495 e. The normalized spacial score (nSPS) is 16.2. The molecule has 7 heteroatoms. The quantitative estimate of drug-likeness (QED) is 0.725. The van der Waals surface area contributed by atoms with Crippen molar-refractivity contribution in [2.45, 2.75) is 26.3 Å². The van der Waals surface area contributed by atoms with Gasteiger partial charge in [0, 0.05) is 23.4 Å². The van der Waals surface area contributed by atoms with E-state index in [1.807, 2.05) is 50.2 Å². The Hall–Kier alpha value is -3.22. The van der Waals surface area contributed by atoms with Gasteiger partial charge in [0.05, 0.1) is 24.6 Å². The van der Waals surface area contributed by atoms with Gasteiger partial charge >= 0.3 is 6.03 Å². The molecule has 0 spiro atoms. The van der Waals surface area contributed by atoms with E-state index >= 15 is 0 Å². The minimum Gasteiger partial charge on any atom is -0.495 e. The molecule has 7 nitrogen and oxygen atoms in total. The summed E-state index contributed by atoms with van der Waals surface area (Å²) in [6.45, 7) is 4.38. The topological polar surface area (TPSA) is 106 Å². The molecular weight excluding hydrogens is 342 g/mol. The van der Waals surface area contributed by atoms with Crippen LogP contribution in [-0.2, 0) is 6.42 Å². The van der Waals surface area contributed by atoms with E-state index in [9.17, 15) is 4.79 Å². The van der Waals surface area contributed by atoms with E-state index in [4.69, 9.17) is 21.3 Å². The van der Waals surface area contributed by atoms with E-state index in [0.29, 0.717) is 35.8 Å². The van der Waals surface area contributed by atoms with Crippen molar-refractivity contribution < 1.29 is 9.53 Å². The third-order valence-corrected chi connectivity index (χ3v) is 4.57. The Balaban J connectivity index is 2.19. The first-order chi connectivity index (χ1) is 12.9. The zero-order valence-corrected chi connectivity index (χ0v) is 15.8. The second kappa shape index (κ2) is 7.57. The number of methoxy groups -OCH3 is 1. The van der Waals surface area contributed by atoms with E-state index in [1.54, 1.807) is 7.11 Å². The van der Waals surface area contributed by atoms with Gasteiger partial charge in [0.2, 0.25) is 0 Å². The Morgan fingerprint density at radius 2 is 2.00 bits per heavy atom. The van der Waals surface area contributed by atoms with Gasteiger partial charge in [0.1, 0.15) is 5.75 Å². The maximum atomic E-state index is 12.6. The van der Waals surface area contributed by atoms with E-state index in [0.717, 1.165) is 16.7 Å². The number of urea groups is 1. The first-order valence-electron chi connectivity index (χ1n) is 8.93. The second-order valence-electron chi connectivity index (χ2n) is 6.56. The number of carbonyl (C=O) groups is 1. The molecule has 2 amide bonds. The van der Waals surface area contributed by atoms with Crippen molar-refractivity contribution in [2.75, 3.05) is 25.1 Å². The van der Waals surface area contributed by atoms with Crippen molar-refractivity contribution in [2.24, 2.45) is 5.10 Å². The van der Waals surface area contributed by atoms with Gasteiger partial charge in [-0.3, -0.25) is 0 Å². The molecule has 0 fully saturated rings. The van der Waals surface area contributed by atoms with Gasteiger partial charge in [-0.1, -0.05) is 12.1 Å². The molecule has 1 unspecified atom stereocenters. The minimum atomic E-state index is -0.231. The molecule has 1 atom stereocenters. The summed E-state index contributed by atoms with van der Waals surface area (Å²) in [7, 11) is 1.59. The van der Waals surface area contributed by atoms with Crippen LogP contribution in [0.5, 0.6) is 5.75 Å². The Morgan fingerprint density at radius 1 is 1.30 bits per heavy atom. The molecule has 1 aliphatic heterocycles. The fourth-order valence-corrected chi connectivity index (χ4v) is 3.20. The van der Waals surface area contributed by atoms with Gasteiger partial charge in [-0.2, -0.15) is 5.10 Å². The van der Waals surface area contributed by atoms with Gasteiger partial charge in [0.25, 0.3) is 0 Å². The highest BCUT2D eigenvalue weighted by atomic mass is 16.5. The van der Waals surface area contributed by atoms with Crippen molar-refractivity contribution in [1.82, 2.24) is 10.3 Å². The molecule has 1 aliphatic rings. The lowest BCUT2D eigenvalue weighted by Crippen LogP contribution is -2.42. The molecule has 0 aromatic heterocycles. The summed E-state index contributed by atoms with van der Waals surface area (Å²) in [5.41, 5.74) is 16.6. The maximum absolute atomic E-state index is 12.6. The maximum Gasteiger partial charge on any atom is 0.338 e. The highest BCUT2D eigenvalue weighted by molar-refractivity contribution is 6.15. The molecule has 0 saturated heterocycles. The lowest BCUT2D eigenvalue weighted by Gasteiger charge is -2.23. The van der Waals surface area contributed by atoms with Gasteiger partial charge in [0.15, 0.2) is 0 Å². The number of nitrogen functional groups attached to an aromatic ring is 2. The minimum absolute atomic E-state index is 0.130. The van der Waals surface area contributed by atoms with Crippen molar-refractivity contribution in [1.29, 1.82) is 0 Å². The van der Waals surface area contributed by atoms with Crippen LogP contribution in [0.1, 0.15) is 30.5 Å². The number of hydrogen-bond donors (Lipinski definition) is 3. The monoisotopic (exact) mass is 367 g/mol. The smallest absolute Gasteiger partial charge is 0.338 e. The van der Waals surface area contributed by atoms with Crippen LogP contribution in [0, 0.1) is 0 Å². The summed E-state index contributed by atoms with van der Waals surface area (Å²) >= 11 is 0. The third kappa shape index (κ3) is 3.67. The van der Waals surface area contributed by atoms with Crippen LogP contribution in [-0.4, -0.2) is 36.4 Å². The molecule has 0 saturated carbocycles. The molecule has 27 heavy (non-hydrogen) atoms. The fourth-order valence-electron chi connectivity index (χ4n) is 3.20. The predicted molar refractivity (Wildman–Crippen MR) is 108 cm³/mol. The summed E-state index contributed by atoms with van der Waals surface area (Å²) in [5, 5.41) is 9.04. The summed E-state index contributed by atoms with van der Waals surface area (Å²) in [6.07, 6.45) is 0.630. The molecule has 1 heterocycles. The number of benzene rings is 2. The number of rotatable bonds is 3. The van der Waals surface area contributed by atoms with Crippen LogP contribution < -0.4 is 21.5 Å². The molecule has 142 valence electrons. The Kier molecular flexibility index (Phi) is 5.21. The fraction of sp³-hybridized carbons (Fsp3) is 0.300. The number of hydrogen-bond acceptors (Lipinski definition) is 5. The number of nitrogens with two attached hydrogens (primary N) is 2. The Morgan fingerprint density at radius 3 is 2.63 bits per heavy atom. The molecule has 0 bridgehead atoms. The molecule has 0 aliphatic carbocycles. The molecule has 5 N–H and O–H groups in total. The van der Waals surface area contributed by atoms with Crippen LogP contribution >= 0.6 is 0 Å². The van der Waals surface area contributed by atoms with Crippen LogP contribution in [0.4, 0.5) is 16.2 Å². The highest BCUT2D eigenvalue weighted by Crippen LogP contribution is 2.31. The lowest BCUT2D eigenvalue weighted by molar-refractivity contribution is 0.183. The SMILES string of the molecule is CCNC(=O)N1N=C(c2ccc(N)cc2)c2cc(N)c(OC)cc2CC1C. The van der Waals surface area contributed by atoms with E-state index in [1.165, 1.54) is 5.01 Å². The van der Waals surface area contributed by atoms with Crippen LogP contribution in [0.2, 0.25) is 0 Å². The predicted octanol–water partition coefficient (Wildman–Crippen LogP) is 2.59. The highest BCUT2D eigenvalue weighted by Gasteiger charge is 2.28. The standard InChI is InChI=1S/C20H25N5O2/c1-4-23-20(26)25-12(2)9-14-10-18(27-3)17(22)11-16(14)19(24-25)13-5-7-15(21)8-6-13/h5-8,10-12H,4,9,21-22H2,1-3H3,(H,23,26). The number of ether oxygens (including phenoxy) is 1. The number of hydrazone groups is 1. The first-order valence-corrected chi connectivity index (χ1v) is 8.93. The van der Waals surface area contributed by atoms with Gasteiger partial charge < -0.3 is 21.5 Å². The summed E-state index contributed by atoms with van der Waals surface area (Å²) < 4.78 is 5.38. The average molecular weight is 367 g/mol. The zero-order valence-electron chi connectivity index (χ0n) is 15.8. The van der Waals surface area contributed by atoms with Gasteiger partial charge in [-0.15, -0.1) is 0 Å².